The van der Waals surface area contributed by atoms with Crippen molar-refractivity contribution in [2.24, 2.45) is 7.05 Å². The molecule has 2 heterocycles. The average molecular weight is 402 g/mol. The Labute approximate surface area is 163 Å². The van der Waals surface area contributed by atoms with E-state index in [4.69, 9.17) is 4.74 Å². The van der Waals surface area contributed by atoms with Crippen molar-refractivity contribution in [1.29, 1.82) is 0 Å². The van der Waals surface area contributed by atoms with Gasteiger partial charge in [0.1, 0.15) is 11.6 Å². The topological polar surface area (TPSA) is 51.5 Å². The third-order valence-corrected chi connectivity index (χ3v) is 5.98. The van der Waals surface area contributed by atoms with E-state index in [1.54, 1.807) is 20.2 Å². The van der Waals surface area contributed by atoms with E-state index in [1.807, 2.05) is 18.2 Å². The van der Waals surface area contributed by atoms with Gasteiger partial charge in [0.15, 0.2) is 11.6 Å². The van der Waals surface area contributed by atoms with E-state index in [0.29, 0.717) is 16.4 Å². The molecule has 0 bridgehead atoms. The summed E-state index contributed by atoms with van der Waals surface area (Å²) < 4.78 is 33.9. The van der Waals surface area contributed by atoms with Crippen LogP contribution >= 0.6 is 11.3 Å². The second kappa shape index (κ2) is 6.87. The molecule has 0 saturated heterocycles. The lowest BCUT2D eigenvalue weighted by Crippen LogP contribution is -2.34. The number of halogens is 2. The van der Waals surface area contributed by atoms with Gasteiger partial charge in [0.05, 0.1) is 17.7 Å². The minimum atomic E-state index is -1.06. The second-order valence-corrected chi connectivity index (χ2v) is 7.43. The zero-order valence-electron chi connectivity index (χ0n) is 15.1. The molecule has 0 N–H and O–H groups in total. The van der Waals surface area contributed by atoms with Gasteiger partial charge >= 0.3 is 4.87 Å². The van der Waals surface area contributed by atoms with Gasteiger partial charge in [-0.15, -0.1) is 0 Å². The predicted molar refractivity (Wildman–Crippen MR) is 103 cm³/mol. The fourth-order valence-electron chi connectivity index (χ4n) is 3.52. The smallest absolute Gasteiger partial charge is 0.308 e. The molecule has 5 nitrogen and oxygen atoms in total. The van der Waals surface area contributed by atoms with Crippen LogP contribution in [-0.4, -0.2) is 17.6 Å². The minimum Gasteiger partial charge on any atom is -0.496 e. The summed E-state index contributed by atoms with van der Waals surface area (Å²) in [5.74, 6) is -1.75. The van der Waals surface area contributed by atoms with Gasteiger partial charge in [0, 0.05) is 31.0 Å². The molecule has 0 spiro atoms. The summed E-state index contributed by atoms with van der Waals surface area (Å²) >= 11 is 1.04. The van der Waals surface area contributed by atoms with Crippen LogP contribution in [0.3, 0.4) is 0 Å². The lowest BCUT2D eigenvalue weighted by Gasteiger charge is -2.32. The number of carbonyl (C=O) groups excluding carboxylic acids is 1. The fraction of sp³-hybridized carbons (Fsp3) is 0.200. The van der Waals surface area contributed by atoms with Gasteiger partial charge in [0.25, 0.3) is 0 Å². The SMILES string of the molecule is COc1ccccc1C1CC(=O)N(c2ccc(F)c(F)c2)c2c1sc(=O)n2C. The molecule has 0 aliphatic carbocycles. The normalized spacial score (nSPS) is 16.2. The van der Waals surface area contributed by atoms with Crippen molar-refractivity contribution < 1.29 is 18.3 Å². The van der Waals surface area contributed by atoms with E-state index in [9.17, 15) is 18.4 Å². The Morgan fingerprint density at radius 2 is 1.86 bits per heavy atom. The number of aromatic nitrogens is 1. The number of para-hydroxylation sites is 1. The first-order valence-electron chi connectivity index (χ1n) is 8.53. The number of amides is 1. The highest BCUT2D eigenvalue weighted by molar-refractivity contribution is 7.10. The number of thiazole rings is 1. The van der Waals surface area contributed by atoms with Crippen molar-refractivity contribution in [3.8, 4) is 5.75 Å². The molecule has 1 unspecified atom stereocenters. The number of fused-ring (bicyclic) bond motifs is 1. The van der Waals surface area contributed by atoms with E-state index in [0.717, 1.165) is 29.0 Å². The fourth-order valence-corrected chi connectivity index (χ4v) is 4.60. The summed E-state index contributed by atoms with van der Waals surface area (Å²) in [6, 6.07) is 10.6. The van der Waals surface area contributed by atoms with Gasteiger partial charge in [0.2, 0.25) is 5.91 Å². The molecular formula is C20H16F2N2O3S. The summed E-state index contributed by atoms with van der Waals surface area (Å²) in [5.41, 5.74) is 0.975. The monoisotopic (exact) mass is 402 g/mol. The molecule has 4 rings (SSSR count). The van der Waals surface area contributed by atoms with Crippen LogP contribution < -0.4 is 14.5 Å². The number of anilines is 2. The molecule has 1 aliphatic heterocycles. The number of benzene rings is 2. The maximum atomic E-state index is 13.8. The van der Waals surface area contributed by atoms with Crippen LogP contribution in [0.4, 0.5) is 20.3 Å². The standard InChI is InChI=1S/C20H16F2N2O3S/c1-23-19-18(28-20(23)26)13(12-5-3-4-6-16(12)27-2)10-17(25)24(19)11-7-8-14(21)15(22)9-11/h3-9,13H,10H2,1-2H3. The molecule has 8 heteroatoms. The van der Waals surface area contributed by atoms with Crippen molar-refractivity contribution >= 4 is 28.7 Å². The highest BCUT2D eigenvalue weighted by Gasteiger charge is 2.38. The molecule has 1 atom stereocenters. The predicted octanol–water partition coefficient (Wildman–Crippen LogP) is 3.93. The summed E-state index contributed by atoms with van der Waals surface area (Å²) in [4.78, 5) is 27.2. The van der Waals surface area contributed by atoms with Gasteiger partial charge in [-0.25, -0.2) is 8.78 Å². The van der Waals surface area contributed by atoms with E-state index >= 15 is 0 Å². The van der Waals surface area contributed by atoms with Gasteiger partial charge in [-0.1, -0.05) is 29.5 Å². The lowest BCUT2D eigenvalue weighted by atomic mass is 9.89. The van der Waals surface area contributed by atoms with Crippen molar-refractivity contribution in [3.05, 3.63) is 74.2 Å². The summed E-state index contributed by atoms with van der Waals surface area (Å²) in [6.07, 6.45) is 0.0757. The number of methoxy groups -OCH3 is 1. The number of hydrogen-bond donors (Lipinski definition) is 0. The number of ether oxygens (including phenoxy) is 1. The molecule has 2 aromatic carbocycles. The summed E-state index contributed by atoms with van der Waals surface area (Å²) in [6.45, 7) is 0. The molecule has 1 aromatic heterocycles. The number of rotatable bonds is 3. The van der Waals surface area contributed by atoms with E-state index in [1.165, 1.54) is 15.5 Å². The van der Waals surface area contributed by atoms with Crippen LogP contribution in [0, 0.1) is 11.6 Å². The van der Waals surface area contributed by atoms with Crippen LogP contribution in [0.1, 0.15) is 22.8 Å². The van der Waals surface area contributed by atoms with Crippen molar-refractivity contribution in [1.82, 2.24) is 4.57 Å². The van der Waals surface area contributed by atoms with Gasteiger partial charge in [-0.05, 0) is 18.2 Å². The van der Waals surface area contributed by atoms with Crippen molar-refractivity contribution in [2.45, 2.75) is 12.3 Å². The van der Waals surface area contributed by atoms with Crippen LogP contribution in [0.25, 0.3) is 0 Å². The van der Waals surface area contributed by atoms with Gasteiger partial charge in [-0.2, -0.15) is 0 Å². The number of carbonyl (C=O) groups is 1. The lowest BCUT2D eigenvalue weighted by molar-refractivity contribution is -0.118. The van der Waals surface area contributed by atoms with E-state index in [2.05, 4.69) is 0 Å². The van der Waals surface area contributed by atoms with Gasteiger partial charge in [-0.3, -0.25) is 19.1 Å². The Morgan fingerprint density at radius 1 is 1.11 bits per heavy atom. The first-order chi connectivity index (χ1) is 13.4. The van der Waals surface area contributed by atoms with Crippen LogP contribution in [0.5, 0.6) is 5.75 Å². The molecule has 0 fully saturated rings. The molecule has 1 aliphatic rings. The van der Waals surface area contributed by atoms with E-state index < -0.39 is 11.6 Å². The molecule has 28 heavy (non-hydrogen) atoms. The quantitative estimate of drug-likeness (QED) is 0.667. The summed E-state index contributed by atoms with van der Waals surface area (Å²) in [7, 11) is 3.11. The Bertz CT molecular complexity index is 1140. The molecule has 144 valence electrons. The zero-order chi connectivity index (χ0) is 20.0. The third-order valence-electron chi connectivity index (χ3n) is 4.84. The van der Waals surface area contributed by atoms with Crippen LogP contribution in [-0.2, 0) is 11.8 Å². The number of hydrogen-bond acceptors (Lipinski definition) is 4. The molecule has 1 amide bonds. The van der Waals surface area contributed by atoms with Gasteiger partial charge < -0.3 is 4.74 Å². The molecule has 0 saturated carbocycles. The second-order valence-electron chi connectivity index (χ2n) is 6.44. The third kappa shape index (κ3) is 2.80. The average Bonchev–Trinajstić information content (AvgIpc) is 2.98. The molecular weight excluding hydrogens is 386 g/mol. The Hall–Kier alpha value is -3.00. The largest absolute Gasteiger partial charge is 0.496 e. The maximum Gasteiger partial charge on any atom is 0.308 e. The van der Waals surface area contributed by atoms with Crippen LogP contribution in [0.15, 0.2) is 47.3 Å². The maximum absolute atomic E-state index is 13.8. The zero-order valence-corrected chi connectivity index (χ0v) is 15.9. The molecule has 0 radical (unpaired) electrons. The van der Waals surface area contributed by atoms with Crippen LogP contribution in [0.2, 0.25) is 0 Å². The highest BCUT2D eigenvalue weighted by atomic mass is 32.1. The molecule has 3 aromatic rings. The summed E-state index contributed by atoms with van der Waals surface area (Å²) in [5, 5.41) is 0. The number of nitrogens with zero attached hydrogens (tertiary/aromatic N) is 2. The Balaban J connectivity index is 1.92. The Morgan fingerprint density at radius 3 is 2.57 bits per heavy atom. The van der Waals surface area contributed by atoms with Crippen molar-refractivity contribution in [3.63, 3.8) is 0 Å². The first kappa shape index (κ1) is 18.4. The Kier molecular flexibility index (Phi) is 4.50. The van der Waals surface area contributed by atoms with Crippen molar-refractivity contribution in [2.75, 3.05) is 12.0 Å². The minimum absolute atomic E-state index is 0.0757. The van der Waals surface area contributed by atoms with E-state index in [-0.39, 0.29) is 28.8 Å². The first-order valence-corrected chi connectivity index (χ1v) is 9.34. The highest BCUT2D eigenvalue weighted by Crippen LogP contribution is 2.46.